The van der Waals surface area contributed by atoms with E-state index < -0.39 is 0 Å². The maximum Gasteiger partial charge on any atom is 0.227 e. The zero-order chi connectivity index (χ0) is 20.3. The molecule has 1 N–H and O–H groups in total. The first-order valence-corrected chi connectivity index (χ1v) is 10.2. The summed E-state index contributed by atoms with van der Waals surface area (Å²) >= 11 is 0. The Balaban J connectivity index is 1.32. The third-order valence-corrected chi connectivity index (χ3v) is 5.49. The molecule has 1 aromatic heterocycles. The molecule has 3 aromatic rings. The fourth-order valence-electron chi connectivity index (χ4n) is 4.00. The zero-order valence-corrected chi connectivity index (χ0v) is 16.6. The molecular formula is C23H23N5O2. The lowest BCUT2D eigenvalue weighted by Crippen LogP contribution is -2.23. The number of nitrogens with one attached hydrogen (secondary N) is 1. The predicted octanol–water partition coefficient (Wildman–Crippen LogP) is 4.23. The van der Waals surface area contributed by atoms with Gasteiger partial charge in [0.05, 0.1) is 12.6 Å². The van der Waals surface area contributed by atoms with E-state index in [4.69, 9.17) is 4.84 Å². The van der Waals surface area contributed by atoms with Crippen molar-refractivity contribution in [1.29, 1.82) is 0 Å². The second kappa shape index (κ2) is 8.12. The van der Waals surface area contributed by atoms with E-state index in [0.717, 1.165) is 36.6 Å². The SMILES string of the molecule is O=C1CCCN1c1ccc(Nc2cc(N3OCCC3c3ccccc3)ncn2)cc1. The van der Waals surface area contributed by atoms with Crippen LogP contribution in [0.3, 0.4) is 0 Å². The molecule has 2 aromatic carbocycles. The normalized spacial score (nSPS) is 18.8. The molecule has 0 saturated carbocycles. The Morgan fingerprint density at radius 3 is 2.63 bits per heavy atom. The van der Waals surface area contributed by atoms with E-state index in [1.807, 2.05) is 58.5 Å². The first-order chi connectivity index (χ1) is 14.8. The Kier molecular flexibility index (Phi) is 5.03. The number of nitrogens with zero attached hydrogens (tertiary/aromatic N) is 4. The summed E-state index contributed by atoms with van der Waals surface area (Å²) in [6.45, 7) is 1.45. The number of carbonyl (C=O) groups excluding carboxylic acids is 1. The minimum atomic E-state index is 0.131. The van der Waals surface area contributed by atoms with Crippen LogP contribution in [0.4, 0.5) is 23.0 Å². The summed E-state index contributed by atoms with van der Waals surface area (Å²) < 4.78 is 0. The van der Waals surface area contributed by atoms with Crippen molar-refractivity contribution in [2.45, 2.75) is 25.3 Å². The number of hydrogen-bond acceptors (Lipinski definition) is 6. The van der Waals surface area contributed by atoms with Gasteiger partial charge in [0, 0.05) is 36.8 Å². The van der Waals surface area contributed by atoms with Gasteiger partial charge in [-0.2, -0.15) is 0 Å². The van der Waals surface area contributed by atoms with E-state index in [1.165, 1.54) is 5.56 Å². The van der Waals surface area contributed by atoms with Gasteiger partial charge in [-0.25, -0.2) is 15.0 Å². The highest BCUT2D eigenvalue weighted by Gasteiger charge is 2.29. The molecule has 30 heavy (non-hydrogen) atoms. The number of aromatic nitrogens is 2. The van der Waals surface area contributed by atoms with Crippen LogP contribution in [-0.2, 0) is 9.63 Å². The second-order valence-electron chi connectivity index (χ2n) is 7.46. The first-order valence-electron chi connectivity index (χ1n) is 10.2. The highest BCUT2D eigenvalue weighted by atomic mass is 16.7. The summed E-state index contributed by atoms with van der Waals surface area (Å²) in [5.74, 6) is 1.60. The van der Waals surface area contributed by atoms with Gasteiger partial charge in [0.1, 0.15) is 12.1 Å². The van der Waals surface area contributed by atoms with Crippen molar-refractivity contribution >= 4 is 28.9 Å². The fraction of sp³-hybridized carbons (Fsp3) is 0.261. The molecule has 3 heterocycles. The molecule has 152 valence electrons. The Morgan fingerprint density at radius 1 is 1.03 bits per heavy atom. The summed E-state index contributed by atoms with van der Waals surface area (Å²) in [7, 11) is 0. The molecule has 1 amide bonds. The van der Waals surface area contributed by atoms with Gasteiger partial charge in [0.2, 0.25) is 5.91 Å². The van der Waals surface area contributed by atoms with Gasteiger partial charge in [-0.1, -0.05) is 30.3 Å². The van der Waals surface area contributed by atoms with Crippen LogP contribution in [0.2, 0.25) is 0 Å². The summed E-state index contributed by atoms with van der Waals surface area (Å²) in [5.41, 5.74) is 3.04. The van der Waals surface area contributed by atoms with E-state index in [0.29, 0.717) is 18.8 Å². The zero-order valence-electron chi connectivity index (χ0n) is 16.6. The molecule has 7 nitrogen and oxygen atoms in total. The Morgan fingerprint density at radius 2 is 1.87 bits per heavy atom. The highest BCUT2D eigenvalue weighted by molar-refractivity contribution is 5.95. The summed E-state index contributed by atoms with van der Waals surface area (Å²) in [6, 6.07) is 20.2. The monoisotopic (exact) mass is 401 g/mol. The van der Waals surface area contributed by atoms with Gasteiger partial charge < -0.3 is 10.2 Å². The van der Waals surface area contributed by atoms with Crippen LogP contribution in [-0.4, -0.2) is 29.0 Å². The third-order valence-electron chi connectivity index (χ3n) is 5.49. The maximum atomic E-state index is 11.9. The van der Waals surface area contributed by atoms with Gasteiger partial charge in [-0.15, -0.1) is 0 Å². The summed E-state index contributed by atoms with van der Waals surface area (Å²) in [6.07, 6.45) is 4.00. The lowest BCUT2D eigenvalue weighted by Gasteiger charge is -2.24. The molecular weight excluding hydrogens is 378 g/mol. The van der Waals surface area contributed by atoms with E-state index in [1.54, 1.807) is 6.33 Å². The molecule has 2 aliphatic rings. The lowest BCUT2D eigenvalue weighted by atomic mass is 10.0. The van der Waals surface area contributed by atoms with Crippen molar-refractivity contribution in [3.63, 3.8) is 0 Å². The van der Waals surface area contributed by atoms with Crippen molar-refractivity contribution in [3.8, 4) is 0 Å². The van der Waals surface area contributed by atoms with Gasteiger partial charge in [-0.05, 0) is 36.2 Å². The number of anilines is 4. The molecule has 0 radical (unpaired) electrons. The number of amides is 1. The number of rotatable bonds is 5. The molecule has 5 rings (SSSR count). The van der Waals surface area contributed by atoms with Crippen LogP contribution in [0, 0.1) is 0 Å². The van der Waals surface area contributed by atoms with Crippen molar-refractivity contribution in [2.24, 2.45) is 0 Å². The second-order valence-corrected chi connectivity index (χ2v) is 7.46. The van der Waals surface area contributed by atoms with Crippen molar-refractivity contribution in [3.05, 3.63) is 72.6 Å². The van der Waals surface area contributed by atoms with Crippen LogP contribution < -0.4 is 15.3 Å². The molecule has 0 spiro atoms. The molecule has 2 aliphatic heterocycles. The van der Waals surface area contributed by atoms with Crippen molar-refractivity contribution in [2.75, 3.05) is 28.4 Å². The maximum absolute atomic E-state index is 11.9. The standard InChI is InChI=1S/C23H23N5O2/c29-23-7-4-13-27(23)19-10-8-18(9-11-19)26-21-15-22(25-16-24-21)28-20(12-14-30-28)17-5-2-1-3-6-17/h1-3,5-6,8-11,15-16,20H,4,7,12-14H2,(H,24,25,26). The molecule has 1 atom stereocenters. The number of hydrogen-bond donors (Lipinski definition) is 1. The number of hydroxylamine groups is 1. The van der Waals surface area contributed by atoms with E-state index in [9.17, 15) is 4.79 Å². The number of benzene rings is 2. The Labute approximate surface area is 175 Å². The lowest BCUT2D eigenvalue weighted by molar-refractivity contribution is -0.117. The van der Waals surface area contributed by atoms with E-state index in [-0.39, 0.29) is 11.9 Å². The average Bonchev–Trinajstić information content (AvgIpc) is 3.44. The van der Waals surface area contributed by atoms with Gasteiger partial charge >= 0.3 is 0 Å². The Hall–Kier alpha value is -3.45. The first kappa shape index (κ1) is 18.6. The van der Waals surface area contributed by atoms with Crippen molar-refractivity contribution in [1.82, 2.24) is 9.97 Å². The molecule has 2 fully saturated rings. The predicted molar refractivity (Wildman–Crippen MR) is 116 cm³/mol. The largest absolute Gasteiger partial charge is 0.340 e. The van der Waals surface area contributed by atoms with Gasteiger partial charge in [0.15, 0.2) is 5.82 Å². The fourth-order valence-corrected chi connectivity index (χ4v) is 4.00. The minimum Gasteiger partial charge on any atom is -0.340 e. The smallest absolute Gasteiger partial charge is 0.227 e. The van der Waals surface area contributed by atoms with Crippen molar-refractivity contribution < 1.29 is 9.63 Å². The molecule has 0 aliphatic carbocycles. The van der Waals surface area contributed by atoms with E-state index in [2.05, 4.69) is 27.4 Å². The van der Waals surface area contributed by atoms with Crippen LogP contribution in [0.5, 0.6) is 0 Å². The van der Waals surface area contributed by atoms with Crippen LogP contribution >= 0.6 is 0 Å². The quantitative estimate of drug-likeness (QED) is 0.690. The highest BCUT2D eigenvalue weighted by Crippen LogP contribution is 2.34. The van der Waals surface area contributed by atoms with Gasteiger partial charge in [0.25, 0.3) is 0 Å². The Bertz CT molecular complexity index is 1030. The molecule has 7 heteroatoms. The summed E-state index contributed by atoms with van der Waals surface area (Å²) in [4.78, 5) is 28.4. The van der Waals surface area contributed by atoms with Crippen LogP contribution in [0.15, 0.2) is 67.0 Å². The average molecular weight is 401 g/mol. The number of carbonyl (C=O) groups is 1. The van der Waals surface area contributed by atoms with Crippen LogP contribution in [0.1, 0.15) is 30.9 Å². The topological polar surface area (TPSA) is 70.6 Å². The van der Waals surface area contributed by atoms with Crippen LogP contribution in [0.25, 0.3) is 0 Å². The minimum absolute atomic E-state index is 0.131. The molecule has 2 saturated heterocycles. The van der Waals surface area contributed by atoms with E-state index >= 15 is 0 Å². The molecule has 0 bridgehead atoms. The molecule has 1 unspecified atom stereocenters. The third kappa shape index (κ3) is 3.71. The van der Waals surface area contributed by atoms with Gasteiger partial charge in [-0.3, -0.25) is 9.63 Å². The summed E-state index contributed by atoms with van der Waals surface area (Å²) in [5, 5.41) is 5.18.